The van der Waals surface area contributed by atoms with Crippen LogP contribution in [0.3, 0.4) is 0 Å². The number of nitrogens with zero attached hydrogens (tertiary/aromatic N) is 1. The number of nitro groups is 1. The fraction of sp³-hybridized carbons (Fsp3) is 0. The van der Waals surface area contributed by atoms with Crippen LogP contribution in [-0.2, 0) is 3.74 Å². The van der Waals surface area contributed by atoms with Crippen LogP contribution in [-0.4, -0.2) is 27.3 Å². The predicted octanol–water partition coefficient (Wildman–Crippen LogP) is 0.309. The van der Waals surface area contributed by atoms with Gasteiger partial charge in [0.15, 0.2) is 0 Å². The van der Waals surface area contributed by atoms with Crippen molar-refractivity contribution >= 4 is 35.0 Å². The van der Waals surface area contributed by atoms with Gasteiger partial charge in [-0.1, -0.05) is 0 Å². The third kappa shape index (κ3) is 2.10. The molecule has 7 heteroatoms. The Balaban J connectivity index is 2.90. The van der Waals surface area contributed by atoms with Crippen molar-refractivity contribution in [3.05, 3.63) is 46.5 Å². The van der Waals surface area contributed by atoms with E-state index in [4.69, 9.17) is 0 Å². The molecule has 0 aromatic heterocycles. The van der Waals surface area contributed by atoms with Gasteiger partial charge in [0, 0.05) is 0 Å². The van der Waals surface area contributed by atoms with E-state index in [2.05, 4.69) is 0 Å². The van der Waals surface area contributed by atoms with Crippen LogP contribution in [0.4, 0.5) is 5.69 Å². The molecular formula is C10H8AsNO5. The van der Waals surface area contributed by atoms with Crippen LogP contribution in [0.15, 0.2) is 36.4 Å². The van der Waals surface area contributed by atoms with Crippen LogP contribution < -0.4 is 4.35 Å². The Labute approximate surface area is 98.7 Å². The summed E-state index contributed by atoms with van der Waals surface area (Å²) in [5.74, 6) is 0. The van der Waals surface area contributed by atoms with E-state index < -0.39 is 19.1 Å². The zero-order valence-electron chi connectivity index (χ0n) is 8.48. The van der Waals surface area contributed by atoms with Gasteiger partial charge in [-0.15, -0.1) is 0 Å². The Morgan fingerprint density at radius 1 is 1.06 bits per heavy atom. The van der Waals surface area contributed by atoms with E-state index in [0.717, 1.165) is 12.1 Å². The van der Waals surface area contributed by atoms with E-state index in [-0.39, 0.29) is 20.8 Å². The number of fused-ring (bicyclic) bond motifs is 1. The Kier molecular flexibility index (Phi) is 2.79. The Morgan fingerprint density at radius 2 is 1.65 bits per heavy atom. The van der Waals surface area contributed by atoms with Crippen molar-refractivity contribution in [1.29, 1.82) is 0 Å². The number of hydrogen-bond acceptors (Lipinski definition) is 3. The Morgan fingerprint density at radius 3 is 2.18 bits per heavy atom. The van der Waals surface area contributed by atoms with Gasteiger partial charge in [0.1, 0.15) is 0 Å². The molecule has 2 rings (SSSR count). The van der Waals surface area contributed by atoms with Crippen LogP contribution in [0.5, 0.6) is 0 Å². The van der Waals surface area contributed by atoms with Gasteiger partial charge in [0.25, 0.3) is 0 Å². The minimum absolute atomic E-state index is 0.135. The molecule has 0 spiro atoms. The van der Waals surface area contributed by atoms with Gasteiger partial charge >= 0.3 is 98.4 Å². The molecule has 0 radical (unpaired) electrons. The molecule has 0 amide bonds. The zero-order valence-corrected chi connectivity index (χ0v) is 10.4. The van der Waals surface area contributed by atoms with E-state index >= 15 is 0 Å². The average molecular weight is 297 g/mol. The molecule has 0 aliphatic carbocycles. The summed E-state index contributed by atoms with van der Waals surface area (Å²) in [5.41, 5.74) is -0.159. The molecule has 2 N–H and O–H groups in total. The van der Waals surface area contributed by atoms with E-state index in [0.29, 0.717) is 0 Å². The van der Waals surface area contributed by atoms with E-state index in [1.54, 1.807) is 12.1 Å². The predicted molar refractivity (Wildman–Crippen MR) is 61.1 cm³/mol. The second-order valence-corrected chi connectivity index (χ2v) is 6.74. The van der Waals surface area contributed by atoms with Crippen molar-refractivity contribution in [2.24, 2.45) is 0 Å². The Hall–Kier alpha value is -1.62. The molecule has 6 nitrogen and oxygen atoms in total. The molecule has 2 aromatic rings. The van der Waals surface area contributed by atoms with Crippen LogP contribution >= 0.6 is 0 Å². The number of rotatable bonds is 2. The fourth-order valence-corrected chi connectivity index (χ4v) is 3.31. The van der Waals surface area contributed by atoms with Crippen molar-refractivity contribution < 1.29 is 16.9 Å². The molecule has 0 unspecified atom stereocenters. The maximum atomic E-state index is 11.3. The standard InChI is InChI=1S/C10H8AsNO5/c13-11(14,15)9-5-6-10(12(16)17)8-4-2-1-3-7(8)9/h1-6H,(H2,13,14,15). The summed E-state index contributed by atoms with van der Waals surface area (Å²) in [6.45, 7) is 0. The molecular weight excluding hydrogens is 289 g/mol. The van der Waals surface area contributed by atoms with Crippen molar-refractivity contribution in [3.63, 3.8) is 0 Å². The third-order valence-electron chi connectivity index (χ3n) is 2.39. The molecule has 0 fully saturated rings. The summed E-state index contributed by atoms with van der Waals surface area (Å²) >= 11 is -5.07. The van der Waals surface area contributed by atoms with Crippen molar-refractivity contribution in [1.82, 2.24) is 0 Å². The number of hydrogen-bond donors (Lipinski definition) is 2. The molecule has 0 saturated heterocycles. The SMILES string of the molecule is O=[N+]([O-])c1ccc([As](=O)(O)O)c2ccccc12. The molecule has 0 heterocycles. The molecule has 88 valence electrons. The monoisotopic (exact) mass is 297 g/mol. The van der Waals surface area contributed by atoms with Gasteiger partial charge in [-0.05, 0) is 0 Å². The minimum atomic E-state index is -5.07. The first-order chi connectivity index (χ1) is 7.91. The summed E-state index contributed by atoms with van der Waals surface area (Å²) in [6, 6.07) is 8.37. The van der Waals surface area contributed by atoms with Gasteiger partial charge in [0.2, 0.25) is 0 Å². The fourth-order valence-electron chi connectivity index (χ4n) is 1.68. The van der Waals surface area contributed by atoms with Crippen LogP contribution in [0.2, 0.25) is 0 Å². The normalized spacial score (nSPS) is 11.6. The first-order valence-electron chi connectivity index (χ1n) is 4.63. The van der Waals surface area contributed by atoms with Gasteiger partial charge < -0.3 is 0 Å². The van der Waals surface area contributed by atoms with Gasteiger partial charge in [-0.3, -0.25) is 0 Å². The number of nitro benzene ring substituents is 1. The molecule has 17 heavy (non-hydrogen) atoms. The second-order valence-electron chi connectivity index (χ2n) is 3.45. The molecule has 0 saturated carbocycles. The summed E-state index contributed by atoms with van der Waals surface area (Å²) in [6.07, 6.45) is 0. The van der Waals surface area contributed by atoms with E-state index in [9.17, 15) is 22.0 Å². The maximum absolute atomic E-state index is 11.3. The van der Waals surface area contributed by atoms with Crippen LogP contribution in [0.25, 0.3) is 10.8 Å². The number of benzene rings is 2. The topological polar surface area (TPSA) is 101 Å². The Bertz CT molecular complexity index is 648. The summed E-state index contributed by atoms with van der Waals surface area (Å²) in [5, 5.41) is 11.3. The first-order valence-corrected chi connectivity index (χ1v) is 8.02. The zero-order chi connectivity index (χ0) is 12.6. The van der Waals surface area contributed by atoms with Crippen molar-refractivity contribution in [2.45, 2.75) is 0 Å². The summed E-state index contributed by atoms with van der Waals surface area (Å²) in [7, 11) is 0. The van der Waals surface area contributed by atoms with E-state index in [1.165, 1.54) is 12.1 Å². The van der Waals surface area contributed by atoms with Gasteiger partial charge in [0.05, 0.1) is 0 Å². The third-order valence-corrected chi connectivity index (χ3v) is 4.52. The molecule has 2 aromatic carbocycles. The van der Waals surface area contributed by atoms with Crippen molar-refractivity contribution in [3.8, 4) is 0 Å². The molecule has 0 aliphatic rings. The summed E-state index contributed by atoms with van der Waals surface area (Å²) in [4.78, 5) is 10.2. The van der Waals surface area contributed by atoms with Crippen LogP contribution in [0, 0.1) is 10.1 Å². The van der Waals surface area contributed by atoms with E-state index in [1.807, 2.05) is 0 Å². The number of non-ortho nitro benzene ring substituents is 1. The molecule has 0 bridgehead atoms. The second kappa shape index (κ2) is 4.00. The average Bonchev–Trinajstić information content (AvgIpc) is 2.26. The summed E-state index contributed by atoms with van der Waals surface area (Å²) < 4.78 is 29.6. The van der Waals surface area contributed by atoms with Gasteiger partial charge in [-0.2, -0.15) is 0 Å². The van der Waals surface area contributed by atoms with Crippen molar-refractivity contribution in [2.75, 3.05) is 0 Å². The molecule has 0 atom stereocenters. The van der Waals surface area contributed by atoms with Gasteiger partial charge in [-0.25, -0.2) is 0 Å². The quantitative estimate of drug-likeness (QED) is 0.472. The van der Waals surface area contributed by atoms with Crippen LogP contribution in [0.1, 0.15) is 0 Å². The molecule has 0 aliphatic heterocycles. The first kappa shape index (κ1) is 11.9.